The summed E-state index contributed by atoms with van der Waals surface area (Å²) in [6.07, 6.45) is 1.55. The first-order valence-electron chi connectivity index (χ1n) is 6.51. The summed E-state index contributed by atoms with van der Waals surface area (Å²) in [5.74, 6) is 0.457. The molecule has 2 aromatic rings. The van der Waals surface area contributed by atoms with Gasteiger partial charge in [-0.1, -0.05) is 41.4 Å². The van der Waals surface area contributed by atoms with E-state index in [0.717, 1.165) is 11.1 Å². The van der Waals surface area contributed by atoms with E-state index < -0.39 is 0 Å². The van der Waals surface area contributed by atoms with Crippen molar-refractivity contribution in [1.82, 2.24) is 5.43 Å². The average Bonchev–Trinajstić information content (AvgIpc) is 2.46. The Balaban J connectivity index is 2.01. The lowest BCUT2D eigenvalue weighted by Crippen LogP contribution is -2.12. The number of ether oxygens (including phenoxy) is 1. The van der Waals surface area contributed by atoms with Crippen LogP contribution in [0.2, 0.25) is 10.0 Å². The van der Waals surface area contributed by atoms with E-state index in [4.69, 9.17) is 27.9 Å². The number of benzene rings is 2. The summed E-state index contributed by atoms with van der Waals surface area (Å²) in [6.45, 7) is 1.73. The molecule has 0 spiro atoms. The summed E-state index contributed by atoms with van der Waals surface area (Å²) in [5, 5.41) is 4.96. The van der Waals surface area contributed by atoms with Gasteiger partial charge in [0.15, 0.2) is 0 Å². The zero-order chi connectivity index (χ0) is 15.9. The molecule has 0 atom stereocenters. The van der Waals surface area contributed by atoms with Crippen molar-refractivity contribution < 1.29 is 9.53 Å². The Morgan fingerprint density at radius 2 is 2.09 bits per heavy atom. The maximum Gasteiger partial charge on any atom is 0.236 e. The van der Waals surface area contributed by atoms with Gasteiger partial charge in [0.25, 0.3) is 0 Å². The number of carbonyl (C=O) groups excluding carboxylic acids is 1. The van der Waals surface area contributed by atoms with Crippen LogP contribution in [0, 0.1) is 0 Å². The van der Waals surface area contributed by atoms with E-state index in [9.17, 15) is 4.79 Å². The topological polar surface area (TPSA) is 50.7 Å². The van der Waals surface area contributed by atoms with E-state index in [1.807, 2.05) is 30.3 Å². The second-order valence-electron chi connectivity index (χ2n) is 4.52. The van der Waals surface area contributed by atoms with E-state index in [1.54, 1.807) is 18.3 Å². The minimum atomic E-state index is -0.221. The quantitative estimate of drug-likeness (QED) is 0.661. The van der Waals surface area contributed by atoms with Crippen molar-refractivity contribution in [1.29, 1.82) is 0 Å². The van der Waals surface area contributed by atoms with Crippen LogP contribution in [0.25, 0.3) is 0 Å². The summed E-state index contributed by atoms with van der Waals surface area (Å²) < 4.78 is 5.70. The fourth-order valence-electron chi connectivity index (χ4n) is 1.68. The van der Waals surface area contributed by atoms with Crippen molar-refractivity contribution >= 4 is 35.3 Å². The average molecular weight is 337 g/mol. The van der Waals surface area contributed by atoms with Crippen LogP contribution in [0.15, 0.2) is 47.6 Å². The molecule has 0 saturated carbocycles. The van der Waals surface area contributed by atoms with Gasteiger partial charge in [-0.3, -0.25) is 4.79 Å². The molecule has 22 heavy (non-hydrogen) atoms. The molecule has 1 N–H and O–H groups in total. The maximum atomic E-state index is 10.7. The van der Waals surface area contributed by atoms with Gasteiger partial charge in [0.05, 0.1) is 6.21 Å². The molecule has 0 bridgehead atoms. The third kappa shape index (κ3) is 5.06. The normalized spacial score (nSPS) is 10.7. The molecule has 0 aliphatic rings. The Kier molecular flexibility index (Phi) is 5.81. The highest BCUT2D eigenvalue weighted by Gasteiger charge is 2.03. The van der Waals surface area contributed by atoms with E-state index in [1.165, 1.54) is 6.92 Å². The van der Waals surface area contributed by atoms with E-state index >= 15 is 0 Å². The van der Waals surface area contributed by atoms with E-state index in [2.05, 4.69) is 10.5 Å². The summed E-state index contributed by atoms with van der Waals surface area (Å²) in [7, 11) is 0. The van der Waals surface area contributed by atoms with Gasteiger partial charge in [-0.15, -0.1) is 0 Å². The van der Waals surface area contributed by atoms with Crippen LogP contribution in [0.3, 0.4) is 0 Å². The smallest absolute Gasteiger partial charge is 0.236 e. The summed E-state index contributed by atoms with van der Waals surface area (Å²) in [5.41, 5.74) is 4.01. The zero-order valence-corrected chi connectivity index (χ0v) is 13.4. The minimum Gasteiger partial charge on any atom is -0.489 e. The van der Waals surface area contributed by atoms with Crippen LogP contribution in [0.5, 0.6) is 5.75 Å². The molecule has 6 heteroatoms. The monoisotopic (exact) mass is 336 g/mol. The molecule has 2 rings (SSSR count). The number of nitrogens with zero attached hydrogens (tertiary/aromatic N) is 1. The third-order valence-corrected chi connectivity index (χ3v) is 3.29. The Labute approximate surface area is 138 Å². The van der Waals surface area contributed by atoms with Gasteiger partial charge >= 0.3 is 0 Å². The highest BCUT2D eigenvalue weighted by molar-refractivity contribution is 6.35. The van der Waals surface area contributed by atoms with Gasteiger partial charge in [0.1, 0.15) is 12.4 Å². The lowest BCUT2D eigenvalue weighted by molar-refractivity contribution is -0.118. The Morgan fingerprint density at radius 1 is 1.27 bits per heavy atom. The van der Waals surface area contributed by atoms with E-state index in [-0.39, 0.29) is 5.91 Å². The fourth-order valence-corrected chi connectivity index (χ4v) is 2.15. The molecule has 2 aromatic carbocycles. The first-order valence-corrected chi connectivity index (χ1v) is 7.26. The first kappa shape index (κ1) is 16.3. The van der Waals surface area contributed by atoms with Crippen LogP contribution >= 0.6 is 23.2 Å². The highest BCUT2D eigenvalue weighted by atomic mass is 35.5. The van der Waals surface area contributed by atoms with Crippen LogP contribution in [0.4, 0.5) is 0 Å². The Bertz CT molecular complexity index is 702. The van der Waals surface area contributed by atoms with Crippen LogP contribution in [-0.2, 0) is 11.4 Å². The predicted octanol–water partition coefficient (Wildman–Crippen LogP) is 4.04. The summed E-state index contributed by atoms with van der Waals surface area (Å²) >= 11 is 12.0. The van der Waals surface area contributed by atoms with E-state index in [0.29, 0.717) is 22.4 Å². The van der Waals surface area contributed by atoms with Crippen molar-refractivity contribution in [2.24, 2.45) is 5.10 Å². The zero-order valence-electron chi connectivity index (χ0n) is 11.8. The van der Waals surface area contributed by atoms with Crippen molar-refractivity contribution in [2.45, 2.75) is 13.5 Å². The molecule has 0 aliphatic carbocycles. The molecule has 0 aliphatic heterocycles. The van der Waals surface area contributed by atoms with Crippen LogP contribution < -0.4 is 10.2 Å². The van der Waals surface area contributed by atoms with Crippen LogP contribution in [-0.4, -0.2) is 12.1 Å². The molecule has 114 valence electrons. The fraction of sp³-hybridized carbons (Fsp3) is 0.125. The van der Waals surface area contributed by atoms with Crippen molar-refractivity contribution in [3.05, 3.63) is 63.6 Å². The van der Waals surface area contributed by atoms with Crippen molar-refractivity contribution in [3.8, 4) is 5.75 Å². The number of nitrogens with one attached hydrogen (secondary N) is 1. The minimum absolute atomic E-state index is 0.221. The predicted molar refractivity (Wildman–Crippen MR) is 88.6 cm³/mol. The molecule has 0 aromatic heterocycles. The molecule has 0 radical (unpaired) electrons. The molecule has 0 heterocycles. The molecule has 4 nitrogen and oxygen atoms in total. The maximum absolute atomic E-state index is 10.7. The number of rotatable bonds is 5. The molecular weight excluding hydrogens is 323 g/mol. The summed E-state index contributed by atoms with van der Waals surface area (Å²) in [4.78, 5) is 10.7. The number of hydrogen-bond acceptors (Lipinski definition) is 3. The summed E-state index contributed by atoms with van der Waals surface area (Å²) in [6, 6.07) is 12.6. The second kappa shape index (κ2) is 7.82. The number of amides is 1. The van der Waals surface area contributed by atoms with Gasteiger partial charge in [-0.2, -0.15) is 5.10 Å². The Morgan fingerprint density at radius 3 is 2.82 bits per heavy atom. The largest absolute Gasteiger partial charge is 0.489 e. The van der Waals surface area contributed by atoms with Crippen molar-refractivity contribution in [3.63, 3.8) is 0 Å². The number of carbonyl (C=O) groups is 1. The highest BCUT2D eigenvalue weighted by Crippen LogP contribution is 2.22. The van der Waals surface area contributed by atoms with Gasteiger partial charge in [0.2, 0.25) is 5.91 Å². The van der Waals surface area contributed by atoms with Crippen molar-refractivity contribution in [2.75, 3.05) is 0 Å². The number of hydrogen-bond donors (Lipinski definition) is 1. The SMILES string of the molecule is CC(=O)NN=Cc1cccc(OCc2ccc(Cl)cc2Cl)c1. The van der Waals surface area contributed by atoms with Gasteiger partial charge in [0, 0.05) is 22.5 Å². The molecule has 0 fully saturated rings. The van der Waals surface area contributed by atoms with Gasteiger partial charge in [-0.05, 0) is 29.8 Å². The molecular formula is C16H14Cl2N2O2. The third-order valence-electron chi connectivity index (χ3n) is 2.70. The standard InChI is InChI=1S/C16H14Cl2N2O2/c1-11(21)20-19-9-12-3-2-4-15(7-12)22-10-13-5-6-14(17)8-16(13)18/h2-9H,10H2,1H3,(H,20,21). The Hall–Kier alpha value is -2.04. The van der Waals surface area contributed by atoms with Gasteiger partial charge in [-0.25, -0.2) is 5.43 Å². The number of hydrazone groups is 1. The molecule has 1 amide bonds. The number of halogens is 2. The molecule has 0 saturated heterocycles. The van der Waals surface area contributed by atoms with Crippen LogP contribution in [0.1, 0.15) is 18.1 Å². The molecule has 0 unspecified atom stereocenters. The first-order chi connectivity index (χ1) is 10.5. The second-order valence-corrected chi connectivity index (χ2v) is 5.37. The van der Waals surface area contributed by atoms with Gasteiger partial charge < -0.3 is 4.74 Å². The lowest BCUT2D eigenvalue weighted by atomic mass is 10.2. The lowest BCUT2D eigenvalue weighted by Gasteiger charge is -2.08.